The average molecular weight is 305 g/mol. The lowest BCUT2D eigenvalue weighted by Crippen LogP contribution is -2.23. The standard InChI is InChI=1S/C14H19N5OS/c1-5-19-14(16-17-18-19)21-11(4)13(20)15-12-7-6-9(2)8-10(12)3/h6-8,11H,5H2,1-4H3,(H,15,20). The molecule has 0 saturated heterocycles. The molecule has 0 aliphatic carbocycles. The molecule has 2 rings (SSSR count). The monoisotopic (exact) mass is 305 g/mol. The summed E-state index contributed by atoms with van der Waals surface area (Å²) in [6, 6.07) is 5.96. The van der Waals surface area contributed by atoms with E-state index in [1.54, 1.807) is 4.68 Å². The fourth-order valence-corrected chi connectivity index (χ4v) is 2.73. The Bertz CT molecular complexity index is 640. The van der Waals surface area contributed by atoms with E-state index in [0.717, 1.165) is 11.3 Å². The Hall–Kier alpha value is -1.89. The highest BCUT2D eigenvalue weighted by Gasteiger charge is 2.18. The second-order valence-corrected chi connectivity index (χ2v) is 6.15. The zero-order valence-electron chi connectivity index (χ0n) is 12.6. The number of tetrazole rings is 1. The van der Waals surface area contributed by atoms with E-state index < -0.39 is 0 Å². The second kappa shape index (κ2) is 6.71. The van der Waals surface area contributed by atoms with Crippen molar-refractivity contribution in [1.29, 1.82) is 0 Å². The van der Waals surface area contributed by atoms with Gasteiger partial charge in [0.15, 0.2) is 0 Å². The molecule has 1 unspecified atom stereocenters. The van der Waals surface area contributed by atoms with Crippen molar-refractivity contribution in [3.63, 3.8) is 0 Å². The normalized spacial score (nSPS) is 12.2. The first kappa shape index (κ1) is 15.5. The Morgan fingerprint density at radius 3 is 2.86 bits per heavy atom. The van der Waals surface area contributed by atoms with Gasteiger partial charge in [0.1, 0.15) is 0 Å². The van der Waals surface area contributed by atoms with Gasteiger partial charge in [0.25, 0.3) is 0 Å². The summed E-state index contributed by atoms with van der Waals surface area (Å²) in [5.41, 5.74) is 3.07. The molecule has 21 heavy (non-hydrogen) atoms. The lowest BCUT2D eigenvalue weighted by Gasteiger charge is -2.13. The molecule has 0 aliphatic rings. The van der Waals surface area contributed by atoms with Gasteiger partial charge in [-0.15, -0.1) is 5.10 Å². The van der Waals surface area contributed by atoms with Crippen molar-refractivity contribution in [3.8, 4) is 0 Å². The molecule has 1 aromatic carbocycles. The van der Waals surface area contributed by atoms with Crippen molar-refractivity contribution in [3.05, 3.63) is 29.3 Å². The molecule has 1 N–H and O–H groups in total. The number of benzene rings is 1. The minimum absolute atomic E-state index is 0.0578. The highest BCUT2D eigenvalue weighted by Crippen LogP contribution is 2.22. The van der Waals surface area contributed by atoms with Crippen LogP contribution in [0.5, 0.6) is 0 Å². The molecule has 2 aromatic rings. The van der Waals surface area contributed by atoms with Crippen LogP contribution in [0.2, 0.25) is 0 Å². The SMILES string of the molecule is CCn1nnnc1SC(C)C(=O)Nc1ccc(C)cc1C. The highest BCUT2D eigenvalue weighted by atomic mass is 32.2. The lowest BCUT2D eigenvalue weighted by molar-refractivity contribution is -0.115. The summed E-state index contributed by atoms with van der Waals surface area (Å²) >= 11 is 1.35. The first-order valence-corrected chi connectivity index (χ1v) is 7.70. The molecule has 1 heterocycles. The second-order valence-electron chi connectivity index (χ2n) is 4.84. The van der Waals surface area contributed by atoms with Gasteiger partial charge in [0.05, 0.1) is 5.25 Å². The van der Waals surface area contributed by atoms with Crippen LogP contribution in [-0.4, -0.2) is 31.4 Å². The Balaban J connectivity index is 2.02. The van der Waals surface area contributed by atoms with Gasteiger partial charge >= 0.3 is 0 Å². The number of aromatic nitrogens is 4. The van der Waals surface area contributed by atoms with Gasteiger partial charge < -0.3 is 5.32 Å². The largest absolute Gasteiger partial charge is 0.325 e. The van der Waals surface area contributed by atoms with E-state index in [0.29, 0.717) is 11.7 Å². The zero-order chi connectivity index (χ0) is 15.4. The number of hydrogen-bond donors (Lipinski definition) is 1. The number of carbonyl (C=O) groups is 1. The van der Waals surface area contributed by atoms with Crippen molar-refractivity contribution in [1.82, 2.24) is 20.2 Å². The number of carbonyl (C=O) groups excluding carboxylic acids is 1. The van der Waals surface area contributed by atoms with Crippen molar-refractivity contribution in [2.24, 2.45) is 0 Å². The first-order chi connectivity index (χ1) is 10.0. The molecule has 0 radical (unpaired) electrons. The number of nitrogens with one attached hydrogen (secondary N) is 1. The van der Waals surface area contributed by atoms with Gasteiger partial charge in [-0.05, 0) is 49.8 Å². The quantitative estimate of drug-likeness (QED) is 0.859. The van der Waals surface area contributed by atoms with E-state index in [1.807, 2.05) is 45.9 Å². The van der Waals surface area contributed by atoms with E-state index in [-0.39, 0.29) is 11.2 Å². The van der Waals surface area contributed by atoms with Gasteiger partial charge in [-0.3, -0.25) is 4.79 Å². The summed E-state index contributed by atoms with van der Waals surface area (Å²) in [4.78, 5) is 12.3. The Morgan fingerprint density at radius 1 is 1.43 bits per heavy atom. The van der Waals surface area contributed by atoms with Crippen LogP contribution in [0.25, 0.3) is 0 Å². The zero-order valence-corrected chi connectivity index (χ0v) is 13.4. The van der Waals surface area contributed by atoms with Crippen LogP contribution < -0.4 is 5.32 Å². The molecular formula is C14H19N5OS. The number of aryl methyl sites for hydroxylation is 3. The third-order valence-electron chi connectivity index (χ3n) is 3.09. The van der Waals surface area contributed by atoms with Crippen molar-refractivity contribution in [2.45, 2.75) is 44.6 Å². The van der Waals surface area contributed by atoms with E-state index >= 15 is 0 Å². The fourth-order valence-electron chi connectivity index (χ4n) is 1.88. The van der Waals surface area contributed by atoms with Crippen molar-refractivity contribution in [2.75, 3.05) is 5.32 Å². The van der Waals surface area contributed by atoms with Crippen molar-refractivity contribution >= 4 is 23.4 Å². The topological polar surface area (TPSA) is 72.7 Å². The molecule has 0 aliphatic heterocycles. The number of hydrogen-bond acceptors (Lipinski definition) is 5. The predicted octanol–water partition coefficient (Wildman–Crippen LogP) is 2.43. The van der Waals surface area contributed by atoms with E-state index in [2.05, 4.69) is 20.8 Å². The van der Waals surface area contributed by atoms with Crippen LogP contribution in [0.4, 0.5) is 5.69 Å². The minimum Gasteiger partial charge on any atom is -0.325 e. The number of amides is 1. The van der Waals surface area contributed by atoms with Crippen molar-refractivity contribution < 1.29 is 4.79 Å². The number of thioether (sulfide) groups is 1. The number of rotatable bonds is 5. The van der Waals surface area contributed by atoms with Gasteiger partial charge in [-0.2, -0.15) is 0 Å². The molecule has 0 fully saturated rings. The molecule has 1 atom stereocenters. The molecular weight excluding hydrogens is 286 g/mol. The summed E-state index contributed by atoms with van der Waals surface area (Å²) in [6.07, 6.45) is 0. The Labute approximate surface area is 128 Å². The molecule has 0 spiro atoms. The summed E-state index contributed by atoms with van der Waals surface area (Å²) in [5.74, 6) is -0.0578. The van der Waals surface area contributed by atoms with E-state index in [9.17, 15) is 4.79 Å². The Morgan fingerprint density at radius 2 is 2.19 bits per heavy atom. The third-order valence-corrected chi connectivity index (χ3v) is 4.16. The molecule has 6 nitrogen and oxygen atoms in total. The smallest absolute Gasteiger partial charge is 0.237 e. The third kappa shape index (κ3) is 3.81. The van der Waals surface area contributed by atoms with Crippen LogP contribution in [0.1, 0.15) is 25.0 Å². The number of anilines is 1. The summed E-state index contributed by atoms with van der Waals surface area (Å²) < 4.78 is 1.67. The molecule has 1 amide bonds. The maximum atomic E-state index is 12.3. The maximum absolute atomic E-state index is 12.3. The van der Waals surface area contributed by atoms with Crippen LogP contribution in [0.15, 0.2) is 23.4 Å². The first-order valence-electron chi connectivity index (χ1n) is 6.82. The van der Waals surface area contributed by atoms with Gasteiger partial charge in [-0.1, -0.05) is 29.5 Å². The van der Waals surface area contributed by atoms with Crippen LogP contribution >= 0.6 is 11.8 Å². The Kier molecular flexibility index (Phi) is 4.95. The predicted molar refractivity (Wildman–Crippen MR) is 83.4 cm³/mol. The van der Waals surface area contributed by atoms with E-state index in [1.165, 1.54) is 17.3 Å². The highest BCUT2D eigenvalue weighted by molar-refractivity contribution is 8.00. The molecule has 0 saturated carbocycles. The summed E-state index contributed by atoms with van der Waals surface area (Å²) in [7, 11) is 0. The molecule has 1 aromatic heterocycles. The van der Waals surface area contributed by atoms with Crippen LogP contribution in [0, 0.1) is 13.8 Å². The lowest BCUT2D eigenvalue weighted by atomic mass is 10.1. The van der Waals surface area contributed by atoms with E-state index in [4.69, 9.17) is 0 Å². The molecule has 0 bridgehead atoms. The van der Waals surface area contributed by atoms with Crippen LogP contribution in [-0.2, 0) is 11.3 Å². The molecule has 7 heteroatoms. The summed E-state index contributed by atoms with van der Waals surface area (Å²) in [5, 5.41) is 14.7. The average Bonchev–Trinajstić information content (AvgIpc) is 2.89. The molecule has 112 valence electrons. The number of nitrogens with zero attached hydrogens (tertiary/aromatic N) is 4. The van der Waals surface area contributed by atoms with Gasteiger partial charge in [0, 0.05) is 12.2 Å². The minimum atomic E-state index is -0.276. The van der Waals surface area contributed by atoms with Crippen LogP contribution in [0.3, 0.4) is 0 Å². The summed E-state index contributed by atoms with van der Waals surface area (Å²) in [6.45, 7) is 8.50. The van der Waals surface area contributed by atoms with Gasteiger partial charge in [-0.25, -0.2) is 4.68 Å². The van der Waals surface area contributed by atoms with Gasteiger partial charge in [0.2, 0.25) is 11.1 Å². The fraction of sp³-hybridized carbons (Fsp3) is 0.429. The maximum Gasteiger partial charge on any atom is 0.237 e.